The van der Waals surface area contributed by atoms with Gasteiger partial charge in [-0.15, -0.1) is 0 Å². The topological polar surface area (TPSA) is 67.9 Å². The lowest BCUT2D eigenvalue weighted by Gasteiger charge is -2.31. The molecule has 1 atom stereocenters. The van der Waals surface area contributed by atoms with E-state index in [0.717, 1.165) is 16.7 Å². The van der Waals surface area contributed by atoms with Gasteiger partial charge in [0.15, 0.2) is 18.1 Å². The summed E-state index contributed by atoms with van der Waals surface area (Å²) in [5.74, 6) is 0.512. The van der Waals surface area contributed by atoms with Crippen LogP contribution in [-0.4, -0.2) is 43.5 Å². The number of nitrogens with one attached hydrogen (secondary N) is 1. The Kier molecular flexibility index (Phi) is 8.47. The average molecular weight is 447 g/mol. The number of carbonyl (C=O) groups excluding carboxylic acids is 2. The van der Waals surface area contributed by atoms with Crippen LogP contribution in [0, 0.1) is 6.92 Å². The molecule has 172 valence electrons. The van der Waals surface area contributed by atoms with Crippen molar-refractivity contribution in [2.75, 3.05) is 20.8 Å². The molecule has 0 heterocycles. The molecule has 0 bridgehead atoms. The summed E-state index contributed by atoms with van der Waals surface area (Å²) < 4.78 is 11.1. The summed E-state index contributed by atoms with van der Waals surface area (Å²) in [4.78, 5) is 28.0. The van der Waals surface area contributed by atoms with Gasteiger partial charge in [0.25, 0.3) is 5.91 Å². The van der Waals surface area contributed by atoms with Crippen LogP contribution < -0.4 is 14.8 Å². The molecule has 0 aliphatic rings. The summed E-state index contributed by atoms with van der Waals surface area (Å²) in [6, 6.07) is 24.0. The van der Waals surface area contributed by atoms with Gasteiger partial charge in [0.05, 0.1) is 7.11 Å². The molecular weight excluding hydrogens is 416 g/mol. The molecule has 0 aromatic heterocycles. The molecule has 3 aromatic carbocycles. The fraction of sp³-hybridized carbons (Fsp3) is 0.259. The molecule has 0 radical (unpaired) electrons. The van der Waals surface area contributed by atoms with Crippen LogP contribution in [-0.2, 0) is 22.6 Å². The molecule has 0 saturated heterocycles. The van der Waals surface area contributed by atoms with Crippen LogP contribution in [0.4, 0.5) is 0 Å². The predicted octanol–water partition coefficient (Wildman–Crippen LogP) is 3.77. The molecule has 3 aromatic rings. The summed E-state index contributed by atoms with van der Waals surface area (Å²) in [5.41, 5.74) is 3.00. The van der Waals surface area contributed by atoms with Gasteiger partial charge in [-0.1, -0.05) is 66.7 Å². The minimum absolute atomic E-state index is 0.214. The number of carbonyl (C=O) groups is 2. The Hall–Kier alpha value is -3.80. The molecule has 0 aliphatic carbocycles. The number of benzene rings is 3. The minimum atomic E-state index is -0.689. The van der Waals surface area contributed by atoms with Crippen molar-refractivity contribution in [3.05, 3.63) is 95.6 Å². The van der Waals surface area contributed by atoms with Gasteiger partial charge in [0, 0.05) is 20.0 Å². The van der Waals surface area contributed by atoms with Crippen LogP contribution >= 0.6 is 0 Å². The summed E-state index contributed by atoms with van der Waals surface area (Å²) in [7, 11) is 3.14. The Bertz CT molecular complexity index is 1070. The fourth-order valence-electron chi connectivity index (χ4n) is 3.65. The Labute approximate surface area is 195 Å². The molecular formula is C27H30N2O4. The second-order valence-electron chi connectivity index (χ2n) is 7.71. The standard InChI is InChI=1S/C27H30N2O4/c1-20-11-7-8-14-22(20)18-29(23(27(31)28-2)17-21-12-5-4-6-13-21)26(30)19-33-25-16-10-9-15-24(25)32-3/h4-16,23H,17-19H2,1-3H3,(H,28,31). The zero-order valence-electron chi connectivity index (χ0n) is 19.3. The molecule has 0 fully saturated rings. The van der Waals surface area contributed by atoms with Gasteiger partial charge >= 0.3 is 0 Å². The third-order valence-corrected chi connectivity index (χ3v) is 5.54. The number of hydrogen-bond donors (Lipinski definition) is 1. The SMILES string of the molecule is CNC(=O)C(Cc1ccccc1)N(Cc1ccccc1C)C(=O)COc1ccccc1OC. The van der Waals surface area contributed by atoms with Gasteiger partial charge in [0.1, 0.15) is 6.04 Å². The number of para-hydroxylation sites is 2. The van der Waals surface area contributed by atoms with Crippen LogP contribution in [0.2, 0.25) is 0 Å². The van der Waals surface area contributed by atoms with E-state index < -0.39 is 6.04 Å². The highest BCUT2D eigenvalue weighted by molar-refractivity contribution is 5.88. The van der Waals surface area contributed by atoms with E-state index in [0.29, 0.717) is 24.5 Å². The summed E-state index contributed by atoms with van der Waals surface area (Å²) in [6.07, 6.45) is 0.396. The first-order valence-corrected chi connectivity index (χ1v) is 10.9. The van der Waals surface area contributed by atoms with Crippen LogP contribution in [0.1, 0.15) is 16.7 Å². The van der Waals surface area contributed by atoms with Gasteiger partial charge in [-0.05, 0) is 35.7 Å². The highest BCUT2D eigenvalue weighted by atomic mass is 16.5. The van der Waals surface area contributed by atoms with Crippen molar-refractivity contribution in [1.29, 1.82) is 0 Å². The smallest absolute Gasteiger partial charge is 0.261 e. The molecule has 2 amide bonds. The maximum atomic E-state index is 13.5. The van der Waals surface area contributed by atoms with Crippen molar-refractivity contribution in [3.63, 3.8) is 0 Å². The highest BCUT2D eigenvalue weighted by Crippen LogP contribution is 2.26. The number of ether oxygens (including phenoxy) is 2. The lowest BCUT2D eigenvalue weighted by molar-refractivity contribution is -0.142. The van der Waals surface area contributed by atoms with Gasteiger partial charge in [-0.2, -0.15) is 0 Å². The highest BCUT2D eigenvalue weighted by Gasteiger charge is 2.30. The average Bonchev–Trinajstić information content (AvgIpc) is 2.86. The molecule has 0 saturated carbocycles. The first kappa shape index (κ1) is 23.9. The van der Waals surface area contributed by atoms with E-state index in [1.54, 1.807) is 31.2 Å². The second-order valence-corrected chi connectivity index (χ2v) is 7.71. The number of rotatable bonds is 10. The van der Waals surface area contributed by atoms with Crippen molar-refractivity contribution in [1.82, 2.24) is 10.2 Å². The molecule has 6 heteroatoms. The lowest BCUT2D eigenvalue weighted by atomic mass is 10.0. The van der Waals surface area contributed by atoms with E-state index in [1.807, 2.05) is 73.7 Å². The van der Waals surface area contributed by atoms with Gasteiger partial charge in [-0.25, -0.2) is 0 Å². The molecule has 3 rings (SSSR count). The van der Waals surface area contributed by atoms with E-state index >= 15 is 0 Å². The largest absolute Gasteiger partial charge is 0.493 e. The zero-order chi connectivity index (χ0) is 23.6. The Morgan fingerprint density at radius 3 is 2.21 bits per heavy atom. The van der Waals surface area contributed by atoms with Crippen LogP contribution in [0.15, 0.2) is 78.9 Å². The van der Waals surface area contributed by atoms with Crippen molar-refractivity contribution < 1.29 is 19.1 Å². The normalized spacial score (nSPS) is 11.4. The minimum Gasteiger partial charge on any atom is -0.493 e. The van der Waals surface area contributed by atoms with Crippen molar-refractivity contribution in [3.8, 4) is 11.5 Å². The molecule has 0 spiro atoms. The number of hydrogen-bond acceptors (Lipinski definition) is 4. The van der Waals surface area contributed by atoms with Gasteiger partial charge in [0.2, 0.25) is 5.91 Å². The van der Waals surface area contributed by atoms with Crippen LogP contribution in [0.5, 0.6) is 11.5 Å². The maximum Gasteiger partial charge on any atom is 0.261 e. The number of amides is 2. The van der Waals surface area contributed by atoms with E-state index in [-0.39, 0.29) is 18.4 Å². The number of nitrogens with zero attached hydrogens (tertiary/aromatic N) is 1. The quantitative estimate of drug-likeness (QED) is 0.515. The zero-order valence-corrected chi connectivity index (χ0v) is 19.3. The maximum absolute atomic E-state index is 13.5. The monoisotopic (exact) mass is 446 g/mol. The summed E-state index contributed by atoms with van der Waals surface area (Å²) >= 11 is 0. The predicted molar refractivity (Wildman–Crippen MR) is 128 cm³/mol. The van der Waals surface area contributed by atoms with E-state index in [4.69, 9.17) is 9.47 Å². The van der Waals surface area contributed by atoms with Gasteiger partial charge in [-0.3, -0.25) is 9.59 Å². The Morgan fingerprint density at radius 2 is 1.55 bits per heavy atom. The van der Waals surface area contributed by atoms with Crippen molar-refractivity contribution in [2.45, 2.75) is 25.9 Å². The van der Waals surface area contributed by atoms with Crippen molar-refractivity contribution in [2.24, 2.45) is 0 Å². The summed E-state index contributed by atoms with van der Waals surface area (Å²) in [5, 5.41) is 2.72. The van der Waals surface area contributed by atoms with Crippen molar-refractivity contribution >= 4 is 11.8 Å². The third-order valence-electron chi connectivity index (χ3n) is 5.54. The first-order valence-electron chi connectivity index (χ1n) is 10.9. The number of methoxy groups -OCH3 is 1. The van der Waals surface area contributed by atoms with Gasteiger partial charge < -0.3 is 19.7 Å². The third kappa shape index (κ3) is 6.35. The molecule has 0 aliphatic heterocycles. The van der Waals surface area contributed by atoms with E-state index in [2.05, 4.69) is 5.32 Å². The second kappa shape index (κ2) is 11.7. The molecule has 1 N–H and O–H groups in total. The Balaban J connectivity index is 1.90. The van der Waals surface area contributed by atoms with Crippen LogP contribution in [0.25, 0.3) is 0 Å². The Morgan fingerprint density at radius 1 is 0.909 bits per heavy atom. The van der Waals surface area contributed by atoms with E-state index in [9.17, 15) is 9.59 Å². The summed E-state index contributed by atoms with van der Waals surface area (Å²) in [6.45, 7) is 2.08. The first-order chi connectivity index (χ1) is 16.0. The molecule has 6 nitrogen and oxygen atoms in total. The molecule has 33 heavy (non-hydrogen) atoms. The number of likely N-dealkylation sites (N-methyl/N-ethyl adjacent to an activating group) is 1. The van der Waals surface area contributed by atoms with Crippen LogP contribution in [0.3, 0.4) is 0 Å². The fourth-order valence-corrected chi connectivity index (χ4v) is 3.65. The number of aryl methyl sites for hydroxylation is 1. The lowest BCUT2D eigenvalue weighted by Crippen LogP contribution is -2.51. The molecule has 1 unspecified atom stereocenters. The van der Waals surface area contributed by atoms with E-state index in [1.165, 1.54) is 0 Å².